The molecule has 0 fully saturated rings. The second kappa shape index (κ2) is 9.41. The van der Waals surface area contributed by atoms with Gasteiger partial charge in [-0.05, 0) is 36.2 Å². The lowest BCUT2D eigenvalue weighted by Gasteiger charge is -2.23. The van der Waals surface area contributed by atoms with Gasteiger partial charge in [-0.3, -0.25) is 9.10 Å². The van der Waals surface area contributed by atoms with Crippen LogP contribution in [-0.2, 0) is 21.2 Å². The summed E-state index contributed by atoms with van der Waals surface area (Å²) in [6, 6.07) is 17.1. The van der Waals surface area contributed by atoms with E-state index < -0.39 is 10.0 Å². The first-order valence-electron chi connectivity index (χ1n) is 8.90. The molecule has 0 bridgehead atoms. The van der Waals surface area contributed by atoms with Crippen molar-refractivity contribution in [2.45, 2.75) is 13.3 Å². The molecule has 146 valence electrons. The van der Waals surface area contributed by atoms with Crippen LogP contribution in [0.1, 0.15) is 12.5 Å². The van der Waals surface area contributed by atoms with Crippen molar-refractivity contribution in [2.75, 3.05) is 42.1 Å². The van der Waals surface area contributed by atoms with E-state index in [1.807, 2.05) is 61.3 Å². The van der Waals surface area contributed by atoms with Gasteiger partial charge in [-0.2, -0.15) is 0 Å². The lowest BCUT2D eigenvalue weighted by atomic mass is 10.1. The SMILES string of the molecule is CCc1ccc(N(CC(=O)NCCN(C)c2ccccc2)S(C)(=O)=O)cc1. The smallest absolute Gasteiger partial charge is 0.240 e. The number of sulfonamides is 1. The Labute approximate surface area is 161 Å². The van der Waals surface area contributed by atoms with Gasteiger partial charge in [0.05, 0.1) is 11.9 Å². The summed E-state index contributed by atoms with van der Waals surface area (Å²) in [6.45, 7) is 2.85. The van der Waals surface area contributed by atoms with E-state index in [2.05, 4.69) is 5.32 Å². The third-order valence-electron chi connectivity index (χ3n) is 4.29. The standard InChI is InChI=1S/C20H27N3O3S/c1-4-17-10-12-19(13-11-17)23(27(3,25)26)16-20(24)21-14-15-22(2)18-8-6-5-7-9-18/h5-13H,4,14-16H2,1-3H3,(H,21,24). The number of carbonyl (C=O) groups is 1. The van der Waals surface area contributed by atoms with E-state index >= 15 is 0 Å². The highest BCUT2D eigenvalue weighted by atomic mass is 32.2. The van der Waals surface area contributed by atoms with Gasteiger partial charge in [0.1, 0.15) is 6.54 Å². The molecule has 0 radical (unpaired) electrons. The molecular formula is C20H27N3O3S. The Morgan fingerprint density at radius 3 is 2.19 bits per heavy atom. The van der Waals surface area contributed by atoms with Crippen LogP contribution in [0.25, 0.3) is 0 Å². The highest BCUT2D eigenvalue weighted by molar-refractivity contribution is 7.92. The molecule has 0 aromatic heterocycles. The first-order chi connectivity index (χ1) is 12.8. The monoisotopic (exact) mass is 389 g/mol. The fourth-order valence-corrected chi connectivity index (χ4v) is 3.52. The predicted molar refractivity (Wildman–Crippen MR) is 111 cm³/mol. The third kappa shape index (κ3) is 6.29. The van der Waals surface area contributed by atoms with Crippen molar-refractivity contribution in [3.05, 3.63) is 60.2 Å². The summed E-state index contributed by atoms with van der Waals surface area (Å²) in [6.07, 6.45) is 1.98. The fraction of sp³-hybridized carbons (Fsp3) is 0.350. The second-order valence-corrected chi connectivity index (χ2v) is 8.30. The average Bonchev–Trinajstić information content (AvgIpc) is 2.66. The van der Waals surface area contributed by atoms with Gasteiger partial charge in [0.25, 0.3) is 0 Å². The van der Waals surface area contributed by atoms with Crippen molar-refractivity contribution in [2.24, 2.45) is 0 Å². The number of anilines is 2. The predicted octanol–water partition coefficient (Wildman–Crippen LogP) is 2.27. The maximum atomic E-state index is 12.3. The molecule has 0 saturated heterocycles. The van der Waals surface area contributed by atoms with Crippen LogP contribution in [0.4, 0.5) is 11.4 Å². The van der Waals surface area contributed by atoms with Crippen LogP contribution < -0.4 is 14.5 Å². The number of aryl methyl sites for hydroxylation is 1. The molecule has 27 heavy (non-hydrogen) atoms. The Bertz CT molecular complexity index is 837. The summed E-state index contributed by atoms with van der Waals surface area (Å²) in [5, 5.41) is 2.79. The van der Waals surface area contributed by atoms with Crippen LogP contribution in [0, 0.1) is 0 Å². The molecule has 0 aliphatic carbocycles. The number of likely N-dealkylation sites (N-methyl/N-ethyl adjacent to an activating group) is 1. The van der Waals surface area contributed by atoms with Crippen LogP contribution in [0.2, 0.25) is 0 Å². The van der Waals surface area contributed by atoms with Gasteiger partial charge in [-0.1, -0.05) is 37.3 Å². The fourth-order valence-electron chi connectivity index (χ4n) is 2.66. The number of rotatable bonds is 9. The van der Waals surface area contributed by atoms with Crippen molar-refractivity contribution < 1.29 is 13.2 Å². The lowest BCUT2D eigenvalue weighted by molar-refractivity contribution is -0.119. The zero-order chi connectivity index (χ0) is 19.9. The molecule has 7 heteroatoms. The van der Waals surface area contributed by atoms with E-state index in [1.54, 1.807) is 12.1 Å². The highest BCUT2D eigenvalue weighted by Gasteiger charge is 2.20. The number of nitrogens with zero attached hydrogens (tertiary/aromatic N) is 2. The molecule has 0 heterocycles. The molecule has 0 unspecified atom stereocenters. The van der Waals surface area contributed by atoms with Gasteiger partial charge in [-0.15, -0.1) is 0 Å². The first kappa shape index (κ1) is 20.8. The summed E-state index contributed by atoms with van der Waals surface area (Å²) in [5.74, 6) is -0.332. The summed E-state index contributed by atoms with van der Waals surface area (Å²) < 4.78 is 25.4. The molecule has 1 N–H and O–H groups in total. The lowest BCUT2D eigenvalue weighted by Crippen LogP contribution is -2.42. The number of hydrogen-bond acceptors (Lipinski definition) is 4. The van der Waals surface area contributed by atoms with Crippen molar-refractivity contribution in [1.82, 2.24) is 5.32 Å². The van der Waals surface area contributed by atoms with Crippen LogP contribution >= 0.6 is 0 Å². The van der Waals surface area contributed by atoms with E-state index in [9.17, 15) is 13.2 Å². The highest BCUT2D eigenvalue weighted by Crippen LogP contribution is 2.18. The number of carbonyl (C=O) groups excluding carboxylic acids is 1. The maximum Gasteiger partial charge on any atom is 0.240 e. The summed E-state index contributed by atoms with van der Waals surface area (Å²) in [4.78, 5) is 14.3. The van der Waals surface area contributed by atoms with Gasteiger partial charge < -0.3 is 10.2 Å². The largest absolute Gasteiger partial charge is 0.373 e. The summed E-state index contributed by atoms with van der Waals surface area (Å²) in [7, 11) is -1.61. The quantitative estimate of drug-likeness (QED) is 0.714. The topological polar surface area (TPSA) is 69.7 Å². The summed E-state index contributed by atoms with van der Waals surface area (Å²) >= 11 is 0. The molecule has 2 aromatic rings. The van der Waals surface area contributed by atoms with Crippen LogP contribution in [-0.4, -0.2) is 47.3 Å². The molecule has 1 amide bonds. The molecule has 0 spiro atoms. The van der Waals surface area contributed by atoms with Crippen LogP contribution in [0.15, 0.2) is 54.6 Å². The Kier molecular flexibility index (Phi) is 7.24. The van der Waals surface area contributed by atoms with Crippen molar-refractivity contribution in [1.29, 1.82) is 0 Å². The van der Waals surface area contributed by atoms with Crippen molar-refractivity contribution >= 4 is 27.3 Å². The number of amides is 1. The van der Waals surface area contributed by atoms with Crippen LogP contribution in [0.3, 0.4) is 0 Å². The van der Waals surface area contributed by atoms with E-state index in [0.29, 0.717) is 18.8 Å². The number of nitrogens with one attached hydrogen (secondary N) is 1. The minimum atomic E-state index is -3.55. The molecule has 0 saturated carbocycles. The Balaban J connectivity index is 1.94. The Morgan fingerprint density at radius 1 is 1.00 bits per heavy atom. The maximum absolute atomic E-state index is 12.3. The van der Waals surface area contributed by atoms with E-state index in [-0.39, 0.29) is 12.5 Å². The zero-order valence-electron chi connectivity index (χ0n) is 16.1. The van der Waals surface area contributed by atoms with Gasteiger partial charge >= 0.3 is 0 Å². The third-order valence-corrected chi connectivity index (χ3v) is 5.43. The van der Waals surface area contributed by atoms with E-state index in [4.69, 9.17) is 0 Å². The molecule has 0 aliphatic heterocycles. The van der Waals surface area contributed by atoms with E-state index in [1.165, 1.54) is 0 Å². The number of benzene rings is 2. The minimum Gasteiger partial charge on any atom is -0.373 e. The number of para-hydroxylation sites is 1. The van der Waals surface area contributed by atoms with Gasteiger partial charge in [0, 0.05) is 25.8 Å². The molecule has 6 nitrogen and oxygen atoms in total. The van der Waals surface area contributed by atoms with E-state index in [0.717, 1.165) is 28.2 Å². The van der Waals surface area contributed by atoms with Gasteiger partial charge in [-0.25, -0.2) is 8.42 Å². The Hall–Kier alpha value is -2.54. The van der Waals surface area contributed by atoms with Gasteiger partial charge in [0.15, 0.2) is 0 Å². The normalized spacial score (nSPS) is 11.1. The average molecular weight is 390 g/mol. The molecule has 0 atom stereocenters. The molecule has 2 aromatic carbocycles. The number of hydrogen-bond donors (Lipinski definition) is 1. The molecular weight excluding hydrogens is 362 g/mol. The summed E-state index contributed by atoms with van der Waals surface area (Å²) in [5.41, 5.74) is 2.66. The van der Waals surface area contributed by atoms with Crippen LogP contribution in [0.5, 0.6) is 0 Å². The Morgan fingerprint density at radius 2 is 1.63 bits per heavy atom. The van der Waals surface area contributed by atoms with Crippen molar-refractivity contribution in [3.63, 3.8) is 0 Å². The first-order valence-corrected chi connectivity index (χ1v) is 10.8. The molecule has 2 rings (SSSR count). The molecule has 0 aliphatic rings. The van der Waals surface area contributed by atoms with Gasteiger partial charge in [0.2, 0.25) is 15.9 Å². The second-order valence-electron chi connectivity index (χ2n) is 6.40. The van der Waals surface area contributed by atoms with Crippen molar-refractivity contribution in [3.8, 4) is 0 Å². The minimum absolute atomic E-state index is 0.237. The zero-order valence-corrected chi connectivity index (χ0v) is 16.9.